The Morgan fingerprint density at radius 3 is 1.81 bits per heavy atom. The van der Waals surface area contributed by atoms with Crippen LogP contribution in [0.4, 0.5) is 0 Å². The van der Waals surface area contributed by atoms with Crippen LogP contribution in [0.15, 0.2) is 4.66 Å². The van der Waals surface area contributed by atoms with Gasteiger partial charge in [0.2, 0.25) is 0 Å². The van der Waals surface area contributed by atoms with Crippen molar-refractivity contribution in [2.45, 2.75) is 52.0 Å². The molecule has 4 heteroatoms. The van der Waals surface area contributed by atoms with Crippen LogP contribution in [0.3, 0.4) is 0 Å². The summed E-state index contributed by atoms with van der Waals surface area (Å²) in [5.74, 6) is 0. The summed E-state index contributed by atoms with van der Waals surface area (Å²) in [6, 6.07) is 0. The fourth-order valence-corrected chi connectivity index (χ4v) is 11.0. The summed E-state index contributed by atoms with van der Waals surface area (Å²) in [5, 5.41) is 0.443. The smallest absolute Gasteiger partial charge is 0.164 e. The van der Waals surface area contributed by atoms with Gasteiger partial charge in [0.05, 0.1) is 7.59 Å². The zero-order valence-corrected chi connectivity index (χ0v) is 14.7. The first-order chi connectivity index (χ1) is 6.92. The molecule has 16 heavy (non-hydrogen) atoms. The molecular weight excluding hydrogens is 228 g/mol. The zero-order chi connectivity index (χ0) is 13.2. The van der Waals surface area contributed by atoms with Crippen LogP contribution in [0.2, 0.25) is 31.2 Å². The van der Waals surface area contributed by atoms with Crippen LogP contribution in [-0.2, 0) is 0 Å². The molecule has 0 amide bonds. The normalized spacial score (nSPS) is 15.1. The molecule has 0 atom stereocenters. The van der Waals surface area contributed by atoms with Gasteiger partial charge >= 0.3 is 0 Å². The Morgan fingerprint density at radius 2 is 1.50 bits per heavy atom. The van der Waals surface area contributed by atoms with Crippen LogP contribution in [0.1, 0.15) is 20.8 Å². The van der Waals surface area contributed by atoms with E-state index < -0.39 is 15.3 Å². The molecule has 0 saturated carbocycles. The van der Waals surface area contributed by atoms with Gasteiger partial charge in [-0.2, -0.15) is 0 Å². The molecule has 0 bridgehead atoms. The highest BCUT2D eigenvalue weighted by molar-refractivity contribution is 7.41. The number of hydrogen-bond acceptors (Lipinski definition) is 2. The van der Waals surface area contributed by atoms with Crippen molar-refractivity contribution in [3.05, 3.63) is 0 Å². The highest BCUT2D eigenvalue weighted by Crippen LogP contribution is 2.41. The molecule has 0 saturated heterocycles. The maximum Gasteiger partial charge on any atom is 0.164 e. The Bertz CT molecular complexity index is 250. The van der Waals surface area contributed by atoms with Crippen molar-refractivity contribution in [2.24, 2.45) is 4.66 Å². The molecule has 0 spiro atoms. The van der Waals surface area contributed by atoms with E-state index >= 15 is 0 Å². The van der Waals surface area contributed by atoms with Crippen molar-refractivity contribution in [2.75, 3.05) is 20.6 Å². The van der Waals surface area contributed by atoms with Crippen LogP contribution in [0.5, 0.6) is 0 Å². The molecule has 0 N–H and O–H groups in total. The maximum atomic E-state index is 4.97. The monoisotopic (exact) mass is 258 g/mol. The molecule has 0 aliphatic heterocycles. The largest absolute Gasteiger partial charge is 0.335 e. The molecule has 0 rings (SSSR count). The highest BCUT2D eigenvalue weighted by atomic mass is 29.3. The van der Waals surface area contributed by atoms with Gasteiger partial charge in [0.1, 0.15) is 0 Å². The SMILES string of the molecule is CN(C)C/C=N/[Si](C)(C)[Si](C)(C)C(C)(C)C. The molecule has 0 aliphatic rings. The second-order valence-electron chi connectivity index (χ2n) is 7.01. The van der Waals surface area contributed by atoms with Crippen molar-refractivity contribution in [3.8, 4) is 0 Å². The first kappa shape index (κ1) is 16.1. The second kappa shape index (κ2) is 5.15. The van der Waals surface area contributed by atoms with Crippen LogP contribution in [0.25, 0.3) is 0 Å². The molecule has 0 aromatic heterocycles. The van der Waals surface area contributed by atoms with Crippen LogP contribution < -0.4 is 0 Å². The lowest BCUT2D eigenvalue weighted by molar-refractivity contribution is 0.474. The Balaban J connectivity index is 4.85. The van der Waals surface area contributed by atoms with Crippen molar-refractivity contribution in [3.63, 3.8) is 0 Å². The third-order valence-corrected chi connectivity index (χ3v) is 23.7. The van der Waals surface area contributed by atoms with Crippen molar-refractivity contribution in [1.29, 1.82) is 0 Å². The minimum absolute atomic E-state index is 0.443. The van der Waals surface area contributed by atoms with Gasteiger partial charge in [-0.15, -0.1) is 0 Å². The first-order valence-corrected chi connectivity index (χ1v) is 13.0. The molecular formula is C12H30N2Si2. The fraction of sp³-hybridized carbons (Fsp3) is 0.917. The highest BCUT2D eigenvalue weighted by Gasteiger charge is 2.49. The Kier molecular flexibility index (Phi) is 5.17. The minimum Gasteiger partial charge on any atom is -0.335 e. The maximum absolute atomic E-state index is 4.97. The summed E-state index contributed by atoms with van der Waals surface area (Å²) in [4.78, 5) is 2.17. The van der Waals surface area contributed by atoms with Gasteiger partial charge in [-0.25, -0.2) is 0 Å². The minimum atomic E-state index is -1.45. The third kappa shape index (κ3) is 3.82. The average Bonchev–Trinajstić information content (AvgIpc) is 2.00. The lowest BCUT2D eigenvalue weighted by Gasteiger charge is -2.45. The quantitative estimate of drug-likeness (QED) is 0.557. The number of hydrogen-bond donors (Lipinski definition) is 0. The van der Waals surface area contributed by atoms with E-state index in [1.807, 2.05) is 0 Å². The van der Waals surface area contributed by atoms with Gasteiger partial charge < -0.3 is 9.56 Å². The van der Waals surface area contributed by atoms with E-state index in [1.54, 1.807) is 0 Å². The molecule has 0 fully saturated rings. The lowest BCUT2D eigenvalue weighted by atomic mass is 10.2. The van der Waals surface area contributed by atoms with E-state index in [0.717, 1.165) is 6.54 Å². The molecule has 0 aromatic carbocycles. The van der Waals surface area contributed by atoms with Crippen molar-refractivity contribution >= 4 is 21.6 Å². The molecule has 0 heterocycles. The van der Waals surface area contributed by atoms with Gasteiger partial charge in [0.15, 0.2) is 7.75 Å². The van der Waals surface area contributed by atoms with Gasteiger partial charge in [-0.1, -0.05) is 47.0 Å². The van der Waals surface area contributed by atoms with E-state index in [1.165, 1.54) is 0 Å². The molecule has 0 aliphatic carbocycles. The topological polar surface area (TPSA) is 15.6 Å². The van der Waals surface area contributed by atoms with Crippen LogP contribution >= 0.6 is 0 Å². The van der Waals surface area contributed by atoms with E-state index in [0.29, 0.717) is 5.04 Å². The first-order valence-electron chi connectivity index (χ1n) is 6.10. The second-order valence-corrected chi connectivity index (χ2v) is 22.6. The summed E-state index contributed by atoms with van der Waals surface area (Å²) < 4.78 is 4.97. The molecule has 2 nitrogen and oxygen atoms in total. The number of rotatable bonds is 4. The molecule has 0 aromatic rings. The lowest BCUT2D eigenvalue weighted by Crippen LogP contribution is -2.59. The van der Waals surface area contributed by atoms with Gasteiger partial charge in [-0.05, 0) is 19.1 Å². The molecule has 0 radical (unpaired) electrons. The van der Waals surface area contributed by atoms with Gasteiger partial charge in [0, 0.05) is 12.8 Å². The average molecular weight is 259 g/mol. The summed E-state index contributed by atoms with van der Waals surface area (Å²) in [5.41, 5.74) is 0. The van der Waals surface area contributed by atoms with Crippen molar-refractivity contribution < 1.29 is 0 Å². The standard InChI is InChI=1S/C12H30N2Si2/c1-12(2,3)15(6,7)16(8,9)13-10-11-14(4)5/h10H,11H2,1-9H3/b13-10+. The summed E-state index contributed by atoms with van der Waals surface area (Å²) in [7, 11) is 1.45. The summed E-state index contributed by atoms with van der Waals surface area (Å²) in [6.07, 6.45) is 2.13. The summed E-state index contributed by atoms with van der Waals surface area (Å²) >= 11 is 0. The van der Waals surface area contributed by atoms with Crippen molar-refractivity contribution in [1.82, 2.24) is 4.90 Å². The molecule has 96 valence electrons. The van der Waals surface area contributed by atoms with Gasteiger partial charge in [0.25, 0.3) is 0 Å². The Morgan fingerprint density at radius 1 is 1.06 bits per heavy atom. The van der Waals surface area contributed by atoms with Gasteiger partial charge in [-0.3, -0.25) is 0 Å². The molecule has 0 unspecified atom stereocenters. The predicted octanol–water partition coefficient (Wildman–Crippen LogP) is 3.41. The van der Waals surface area contributed by atoms with Crippen LogP contribution in [-0.4, -0.2) is 47.1 Å². The predicted molar refractivity (Wildman–Crippen MR) is 81.7 cm³/mol. The zero-order valence-electron chi connectivity index (χ0n) is 12.7. The van der Waals surface area contributed by atoms with E-state index in [2.05, 4.69) is 72.2 Å². The summed E-state index contributed by atoms with van der Waals surface area (Å²) in [6.45, 7) is 18.0. The number of nitrogens with zero attached hydrogens (tertiary/aromatic N) is 2. The Labute approximate surface area is 104 Å². The van der Waals surface area contributed by atoms with E-state index in [9.17, 15) is 0 Å². The van der Waals surface area contributed by atoms with E-state index in [-0.39, 0.29) is 0 Å². The fourth-order valence-electron chi connectivity index (χ4n) is 1.51. The van der Waals surface area contributed by atoms with Crippen LogP contribution in [0, 0.1) is 0 Å². The Hall–Kier alpha value is 0.0638. The third-order valence-electron chi connectivity index (χ3n) is 4.27. The van der Waals surface area contributed by atoms with E-state index in [4.69, 9.17) is 4.66 Å².